The number of primary amides is 1. The third-order valence-corrected chi connectivity index (χ3v) is 5.54. The van der Waals surface area contributed by atoms with Crippen molar-refractivity contribution in [1.82, 2.24) is 16.0 Å². The second kappa shape index (κ2) is 15.5. The van der Waals surface area contributed by atoms with Gasteiger partial charge in [0, 0.05) is 43.3 Å². The summed E-state index contributed by atoms with van der Waals surface area (Å²) >= 11 is 0. The minimum absolute atomic E-state index is 0. The van der Waals surface area contributed by atoms with Crippen molar-refractivity contribution in [2.45, 2.75) is 19.8 Å². The van der Waals surface area contributed by atoms with Gasteiger partial charge in [-0.15, -0.1) is 24.8 Å². The Morgan fingerprint density at radius 1 is 1.10 bits per heavy atom. The molecule has 2 aromatic rings. The fourth-order valence-electron chi connectivity index (χ4n) is 3.83. The van der Waals surface area contributed by atoms with Crippen LogP contribution in [-0.4, -0.2) is 56.1 Å². The van der Waals surface area contributed by atoms with E-state index in [1.54, 1.807) is 49.5 Å². The van der Waals surface area contributed by atoms with Gasteiger partial charge in [0.15, 0.2) is 0 Å². The van der Waals surface area contributed by atoms with Crippen LogP contribution in [0.4, 0.5) is 0 Å². The lowest BCUT2D eigenvalue weighted by Gasteiger charge is -2.18. The molecule has 1 aliphatic rings. The summed E-state index contributed by atoms with van der Waals surface area (Å²) < 4.78 is 5.76. The zero-order valence-corrected chi connectivity index (χ0v) is 23.3. The Morgan fingerprint density at radius 2 is 1.85 bits per heavy atom. The average Bonchev–Trinajstić information content (AvgIpc) is 2.86. The molecule has 0 aromatic heterocycles. The molecule has 0 unspecified atom stereocenters. The fraction of sp³-hybridized carbons (Fsp3) is 0.269. The van der Waals surface area contributed by atoms with E-state index in [-0.39, 0.29) is 55.4 Å². The molecule has 3 rings (SSSR count). The lowest BCUT2D eigenvalue weighted by molar-refractivity contribution is -0.129. The Kier molecular flexibility index (Phi) is 13.1. The maximum Gasteiger partial charge on any atom is 0.345 e. The van der Waals surface area contributed by atoms with E-state index in [2.05, 4.69) is 20.9 Å². The van der Waals surface area contributed by atoms with Crippen molar-refractivity contribution in [2.75, 3.05) is 26.8 Å². The molecule has 0 fully saturated rings. The van der Waals surface area contributed by atoms with Crippen LogP contribution < -0.4 is 32.2 Å². The molecule has 11 nitrogen and oxygen atoms in total. The van der Waals surface area contributed by atoms with Crippen LogP contribution in [0.15, 0.2) is 58.7 Å². The van der Waals surface area contributed by atoms with Crippen LogP contribution in [0.25, 0.3) is 10.8 Å². The monoisotopic (exact) mass is 577 g/mol. The van der Waals surface area contributed by atoms with Crippen LogP contribution in [0.2, 0.25) is 0 Å². The number of nitrogens with two attached hydrogens (primary N) is 2. The van der Waals surface area contributed by atoms with Crippen LogP contribution in [0.1, 0.15) is 24.5 Å². The van der Waals surface area contributed by atoms with Gasteiger partial charge in [0.2, 0.25) is 11.8 Å². The van der Waals surface area contributed by atoms with Gasteiger partial charge >= 0.3 is 5.97 Å². The second-order valence-corrected chi connectivity index (χ2v) is 8.38. The molecule has 13 heteroatoms. The maximum absolute atomic E-state index is 13.3. The quantitative estimate of drug-likeness (QED) is 0.0766. The van der Waals surface area contributed by atoms with Gasteiger partial charge in [0.25, 0.3) is 0 Å². The third kappa shape index (κ3) is 9.10. The Morgan fingerprint density at radius 3 is 2.49 bits per heavy atom. The van der Waals surface area contributed by atoms with E-state index < -0.39 is 11.9 Å². The summed E-state index contributed by atoms with van der Waals surface area (Å²) in [5, 5.41) is 17.9. The van der Waals surface area contributed by atoms with Crippen molar-refractivity contribution in [3.05, 3.63) is 64.9 Å². The molecular formula is C26H33Cl2N7O4. The molecule has 210 valence electrons. The van der Waals surface area contributed by atoms with Crippen molar-refractivity contribution in [3.63, 3.8) is 0 Å². The normalized spacial score (nSPS) is 13.3. The molecule has 0 bridgehead atoms. The number of nitrogen functional groups attached to an aromatic ring is 1. The Labute approximate surface area is 238 Å². The first-order chi connectivity index (χ1) is 17.7. The molecule has 2 aromatic carbocycles. The van der Waals surface area contributed by atoms with Crippen molar-refractivity contribution in [3.8, 4) is 5.75 Å². The summed E-state index contributed by atoms with van der Waals surface area (Å²) in [6.45, 7) is 2.73. The minimum Gasteiger partial charge on any atom is -0.423 e. The van der Waals surface area contributed by atoms with E-state index in [1.807, 2.05) is 0 Å². The Hall–Kier alpha value is -3.93. The van der Waals surface area contributed by atoms with Crippen molar-refractivity contribution < 1.29 is 19.1 Å². The van der Waals surface area contributed by atoms with E-state index in [4.69, 9.17) is 21.6 Å². The number of amides is 2. The van der Waals surface area contributed by atoms with Crippen molar-refractivity contribution in [2.24, 2.45) is 16.5 Å². The summed E-state index contributed by atoms with van der Waals surface area (Å²) in [6, 6.07) is 8.45. The number of hydrogen-bond donors (Lipinski definition) is 6. The molecule has 1 aliphatic carbocycles. The Bertz CT molecular complexity index is 1340. The predicted octanol–water partition coefficient (Wildman–Crippen LogP) is 1.46. The molecule has 39 heavy (non-hydrogen) atoms. The van der Waals surface area contributed by atoms with Gasteiger partial charge in [0.05, 0.1) is 24.4 Å². The highest BCUT2D eigenvalue weighted by Gasteiger charge is 2.23. The van der Waals surface area contributed by atoms with Crippen molar-refractivity contribution >= 4 is 64.9 Å². The number of aliphatic imine (C=N–C) groups is 1. The van der Waals surface area contributed by atoms with E-state index in [0.717, 1.165) is 11.1 Å². The number of amidine groups is 1. The second-order valence-electron chi connectivity index (χ2n) is 8.38. The molecule has 0 spiro atoms. The van der Waals surface area contributed by atoms with Gasteiger partial charge in [-0.1, -0.05) is 24.3 Å². The first-order valence-corrected chi connectivity index (χ1v) is 11.7. The fourth-order valence-corrected chi connectivity index (χ4v) is 3.83. The number of allylic oxidation sites excluding steroid dienone is 2. The van der Waals surface area contributed by atoms with Crippen LogP contribution in [0.5, 0.6) is 5.75 Å². The van der Waals surface area contributed by atoms with Gasteiger partial charge in [-0.05, 0) is 36.0 Å². The highest BCUT2D eigenvalue weighted by atomic mass is 35.5. The lowest BCUT2D eigenvalue weighted by Crippen LogP contribution is -2.31. The van der Waals surface area contributed by atoms with Gasteiger partial charge in [0.1, 0.15) is 11.6 Å². The largest absolute Gasteiger partial charge is 0.423 e. The number of halogens is 2. The molecule has 0 saturated carbocycles. The molecule has 0 saturated heterocycles. The van der Waals surface area contributed by atoms with Crippen LogP contribution in [0.3, 0.4) is 0 Å². The van der Waals surface area contributed by atoms with E-state index in [1.165, 1.54) is 6.92 Å². The van der Waals surface area contributed by atoms with Gasteiger partial charge in [-0.3, -0.25) is 20.0 Å². The number of rotatable bonds is 11. The van der Waals surface area contributed by atoms with E-state index in [0.29, 0.717) is 47.3 Å². The molecule has 0 aliphatic heterocycles. The molecule has 2 amide bonds. The van der Waals surface area contributed by atoms with E-state index >= 15 is 0 Å². The number of nitrogens with one attached hydrogen (secondary N) is 4. The number of carbonyl (C=O) groups is 3. The number of nitrogens with zero attached hydrogens (tertiary/aromatic N) is 1. The number of ether oxygens (including phenoxy) is 1. The number of fused-ring (bicyclic) bond motifs is 1. The molecular weight excluding hydrogens is 545 g/mol. The molecule has 0 atom stereocenters. The standard InChI is InChI=1S/C26H31N7O4.2ClH/c1-15(34)31-9-10-32-18-5-7-20(22(12-18)33-14-30-2)26(36)37-23-8-4-16-11-17(25(28)29)3-6-19(16)21(23)13-24(27)35;;/h3-4,6-8,11-12,30,32H,5,9-10,13-14H2,1-2H3,(H2,27,35)(H3,28,29)(H,31,34);2*1H. The summed E-state index contributed by atoms with van der Waals surface area (Å²) in [6.07, 6.45) is 3.81. The topological polar surface area (TPSA) is 185 Å². The predicted molar refractivity (Wildman–Crippen MR) is 157 cm³/mol. The average molecular weight is 579 g/mol. The summed E-state index contributed by atoms with van der Waals surface area (Å²) in [5.74, 6) is -1.17. The van der Waals surface area contributed by atoms with Gasteiger partial charge in [-0.2, -0.15) is 0 Å². The first-order valence-electron chi connectivity index (χ1n) is 11.7. The summed E-state index contributed by atoms with van der Waals surface area (Å²) in [4.78, 5) is 40.6. The maximum atomic E-state index is 13.3. The molecule has 0 heterocycles. The highest BCUT2D eigenvalue weighted by molar-refractivity contribution is 6.25. The Balaban J connectivity index is 0.00000380. The first kappa shape index (κ1) is 33.1. The number of esters is 1. The SMILES string of the molecule is CNCN=C1C=C(NCCNC(C)=O)CC=C1C(=O)Oc1ccc2cc(C(=N)N)ccc2c1CC(N)=O.Cl.Cl. The zero-order chi connectivity index (χ0) is 26.9. The molecule has 0 radical (unpaired) electrons. The zero-order valence-electron chi connectivity index (χ0n) is 21.6. The van der Waals surface area contributed by atoms with Crippen LogP contribution in [0, 0.1) is 5.41 Å². The van der Waals surface area contributed by atoms with Crippen LogP contribution >= 0.6 is 24.8 Å². The summed E-state index contributed by atoms with van der Waals surface area (Å²) in [5.41, 5.74) is 13.7. The smallest absolute Gasteiger partial charge is 0.345 e. The van der Waals surface area contributed by atoms with Gasteiger partial charge in [-0.25, -0.2) is 4.79 Å². The van der Waals surface area contributed by atoms with Gasteiger partial charge < -0.3 is 32.2 Å². The minimum atomic E-state index is -0.617. The van der Waals surface area contributed by atoms with Crippen LogP contribution in [-0.2, 0) is 20.8 Å². The number of hydrogen-bond acceptors (Lipinski definition) is 8. The van der Waals surface area contributed by atoms with E-state index in [9.17, 15) is 14.4 Å². The summed E-state index contributed by atoms with van der Waals surface area (Å²) in [7, 11) is 1.74. The number of benzene rings is 2. The molecule has 8 N–H and O–H groups in total. The third-order valence-electron chi connectivity index (χ3n) is 5.54. The highest BCUT2D eigenvalue weighted by Crippen LogP contribution is 2.30. The van der Waals surface area contributed by atoms with Crippen molar-refractivity contribution in [1.29, 1.82) is 5.41 Å². The number of carbonyl (C=O) groups excluding carboxylic acids is 3. The lowest BCUT2D eigenvalue weighted by atomic mass is 9.98.